The lowest BCUT2D eigenvalue weighted by molar-refractivity contribution is 0.261. The highest BCUT2D eigenvalue weighted by Gasteiger charge is 2.27. The fourth-order valence-corrected chi connectivity index (χ4v) is 3.33. The van der Waals surface area contributed by atoms with Gasteiger partial charge in [-0.05, 0) is 42.9 Å². The molecule has 0 aliphatic carbocycles. The van der Waals surface area contributed by atoms with Gasteiger partial charge in [-0.25, -0.2) is 0 Å². The van der Waals surface area contributed by atoms with Crippen molar-refractivity contribution in [3.8, 4) is 11.8 Å². The van der Waals surface area contributed by atoms with Crippen LogP contribution in [0, 0.1) is 47.3 Å². The zero-order valence-electron chi connectivity index (χ0n) is 16.7. The van der Waals surface area contributed by atoms with Gasteiger partial charge in [0.25, 0.3) is 0 Å². The van der Waals surface area contributed by atoms with Crippen molar-refractivity contribution in [2.24, 2.45) is 35.5 Å². The van der Waals surface area contributed by atoms with Gasteiger partial charge < -0.3 is 0 Å². The minimum absolute atomic E-state index is 0.447. The zero-order chi connectivity index (χ0) is 17.3. The molecule has 0 aromatic rings. The summed E-state index contributed by atoms with van der Waals surface area (Å²) in [6.45, 7) is 20.8. The molecule has 0 heteroatoms. The first-order chi connectivity index (χ1) is 10.3. The largest absolute Gasteiger partial charge is 0.103 e. The van der Waals surface area contributed by atoms with Gasteiger partial charge in [-0.3, -0.25) is 0 Å². The standard InChI is InChI=1S/C22H40/c1-10-17(6)19(8)21(11-2)22(12-3)20(9)18(7)15-13-14-16(4)5/h12,16-21H,10-11,14H2,1-9H3. The van der Waals surface area contributed by atoms with Crippen LogP contribution >= 0.6 is 0 Å². The first-order valence-corrected chi connectivity index (χ1v) is 9.44. The van der Waals surface area contributed by atoms with E-state index in [4.69, 9.17) is 0 Å². The van der Waals surface area contributed by atoms with E-state index in [1.165, 1.54) is 12.8 Å². The normalized spacial score (nSPS) is 19.1. The summed E-state index contributed by atoms with van der Waals surface area (Å²) >= 11 is 0. The van der Waals surface area contributed by atoms with E-state index in [2.05, 4.69) is 80.2 Å². The molecule has 0 heterocycles. The van der Waals surface area contributed by atoms with Crippen LogP contribution < -0.4 is 0 Å². The van der Waals surface area contributed by atoms with Crippen molar-refractivity contribution < 1.29 is 0 Å². The van der Waals surface area contributed by atoms with Crippen LogP contribution in [0.3, 0.4) is 0 Å². The van der Waals surface area contributed by atoms with Crippen molar-refractivity contribution in [2.45, 2.75) is 81.6 Å². The molecule has 5 atom stereocenters. The highest BCUT2D eigenvalue weighted by Crippen LogP contribution is 2.37. The quantitative estimate of drug-likeness (QED) is 0.336. The van der Waals surface area contributed by atoms with Crippen molar-refractivity contribution in [2.75, 3.05) is 0 Å². The van der Waals surface area contributed by atoms with Crippen LogP contribution in [0.15, 0.2) is 11.6 Å². The molecule has 0 bridgehead atoms. The average Bonchev–Trinajstić information content (AvgIpc) is 2.49. The highest BCUT2D eigenvalue weighted by atomic mass is 14.3. The average molecular weight is 305 g/mol. The fourth-order valence-electron chi connectivity index (χ4n) is 3.33. The first kappa shape index (κ1) is 21.3. The minimum atomic E-state index is 0.447. The smallest absolute Gasteiger partial charge is 0.0237 e. The predicted octanol–water partition coefficient (Wildman–Crippen LogP) is 6.96. The number of allylic oxidation sites excluding steroid dienone is 2. The first-order valence-electron chi connectivity index (χ1n) is 9.44. The summed E-state index contributed by atoms with van der Waals surface area (Å²) in [6, 6.07) is 0. The molecule has 0 nitrogen and oxygen atoms in total. The van der Waals surface area contributed by atoms with Gasteiger partial charge >= 0.3 is 0 Å². The molecule has 0 spiro atoms. The third-order valence-corrected chi connectivity index (χ3v) is 5.49. The van der Waals surface area contributed by atoms with Gasteiger partial charge in [0.1, 0.15) is 0 Å². The lowest BCUT2D eigenvalue weighted by Crippen LogP contribution is -2.25. The summed E-state index contributed by atoms with van der Waals surface area (Å²) in [7, 11) is 0. The van der Waals surface area contributed by atoms with E-state index in [0.717, 1.165) is 18.3 Å². The zero-order valence-corrected chi connectivity index (χ0v) is 16.7. The Hall–Kier alpha value is -0.700. The van der Waals surface area contributed by atoms with E-state index < -0.39 is 0 Å². The van der Waals surface area contributed by atoms with Crippen LogP contribution in [0.25, 0.3) is 0 Å². The Bertz CT molecular complexity index is 377. The van der Waals surface area contributed by atoms with Crippen LogP contribution in [-0.4, -0.2) is 0 Å². The molecule has 0 fully saturated rings. The fraction of sp³-hybridized carbons (Fsp3) is 0.818. The van der Waals surface area contributed by atoms with Crippen molar-refractivity contribution in [1.82, 2.24) is 0 Å². The molecule has 5 unspecified atom stereocenters. The molecule has 22 heavy (non-hydrogen) atoms. The van der Waals surface area contributed by atoms with Crippen molar-refractivity contribution in [3.05, 3.63) is 11.6 Å². The maximum atomic E-state index is 3.50. The molecule has 0 N–H and O–H groups in total. The summed E-state index contributed by atoms with van der Waals surface area (Å²) in [5.74, 6) is 10.8. The summed E-state index contributed by atoms with van der Waals surface area (Å²) in [5, 5.41) is 0. The highest BCUT2D eigenvalue weighted by molar-refractivity contribution is 5.17. The molecule has 0 aliphatic heterocycles. The Kier molecular flexibility index (Phi) is 10.6. The van der Waals surface area contributed by atoms with E-state index >= 15 is 0 Å². The molecular weight excluding hydrogens is 264 g/mol. The van der Waals surface area contributed by atoms with Gasteiger partial charge in [-0.2, -0.15) is 0 Å². The second-order valence-corrected chi connectivity index (χ2v) is 7.54. The summed E-state index contributed by atoms with van der Waals surface area (Å²) < 4.78 is 0. The monoisotopic (exact) mass is 304 g/mol. The van der Waals surface area contributed by atoms with Gasteiger partial charge in [0.2, 0.25) is 0 Å². The van der Waals surface area contributed by atoms with Crippen LogP contribution in [0.5, 0.6) is 0 Å². The van der Waals surface area contributed by atoms with Crippen LogP contribution in [0.2, 0.25) is 0 Å². The SMILES string of the molecule is CC=C(C(C)C(C)C#CCC(C)C)C(CC)C(C)C(C)CC. The molecule has 0 radical (unpaired) electrons. The van der Waals surface area contributed by atoms with E-state index in [0.29, 0.717) is 23.7 Å². The van der Waals surface area contributed by atoms with E-state index in [1.54, 1.807) is 5.57 Å². The Morgan fingerprint density at radius 1 is 0.955 bits per heavy atom. The Balaban J connectivity index is 5.08. The van der Waals surface area contributed by atoms with E-state index in [-0.39, 0.29) is 0 Å². The topological polar surface area (TPSA) is 0 Å². The Morgan fingerprint density at radius 3 is 1.95 bits per heavy atom. The molecule has 0 aromatic carbocycles. The van der Waals surface area contributed by atoms with Crippen molar-refractivity contribution in [3.63, 3.8) is 0 Å². The van der Waals surface area contributed by atoms with Gasteiger partial charge in [0.05, 0.1) is 0 Å². The van der Waals surface area contributed by atoms with E-state index in [9.17, 15) is 0 Å². The lowest BCUT2D eigenvalue weighted by Gasteiger charge is -2.33. The molecule has 0 saturated heterocycles. The van der Waals surface area contributed by atoms with Crippen LogP contribution in [0.4, 0.5) is 0 Å². The Morgan fingerprint density at radius 2 is 1.55 bits per heavy atom. The molecule has 0 saturated carbocycles. The third kappa shape index (κ3) is 6.60. The number of hydrogen-bond donors (Lipinski definition) is 0. The van der Waals surface area contributed by atoms with Gasteiger partial charge in [-0.15, -0.1) is 5.92 Å². The van der Waals surface area contributed by atoms with Gasteiger partial charge in [0.15, 0.2) is 0 Å². The third-order valence-electron chi connectivity index (χ3n) is 5.49. The Labute approximate surface area is 141 Å². The number of rotatable bonds is 8. The molecular formula is C22H40. The number of hydrogen-bond acceptors (Lipinski definition) is 0. The molecule has 0 amide bonds. The molecule has 0 rings (SSSR count). The molecule has 128 valence electrons. The van der Waals surface area contributed by atoms with Crippen molar-refractivity contribution in [1.29, 1.82) is 0 Å². The minimum Gasteiger partial charge on any atom is -0.103 e. The summed E-state index contributed by atoms with van der Waals surface area (Å²) in [5.41, 5.74) is 1.63. The predicted molar refractivity (Wildman–Crippen MR) is 102 cm³/mol. The second kappa shape index (κ2) is 10.9. The van der Waals surface area contributed by atoms with Gasteiger partial charge in [0, 0.05) is 12.3 Å². The summed E-state index contributed by atoms with van der Waals surface area (Å²) in [4.78, 5) is 0. The van der Waals surface area contributed by atoms with Crippen LogP contribution in [-0.2, 0) is 0 Å². The molecule has 0 aliphatic rings. The molecule has 0 aromatic heterocycles. The maximum Gasteiger partial charge on any atom is 0.0237 e. The summed E-state index contributed by atoms with van der Waals surface area (Å²) in [6.07, 6.45) is 5.90. The maximum absolute atomic E-state index is 3.50. The van der Waals surface area contributed by atoms with Crippen molar-refractivity contribution >= 4 is 0 Å². The lowest BCUT2D eigenvalue weighted by atomic mass is 9.71. The van der Waals surface area contributed by atoms with Gasteiger partial charge in [-0.1, -0.05) is 79.4 Å². The second-order valence-electron chi connectivity index (χ2n) is 7.54. The van der Waals surface area contributed by atoms with Crippen LogP contribution in [0.1, 0.15) is 81.6 Å². The van der Waals surface area contributed by atoms with E-state index in [1.807, 2.05) is 0 Å².